The van der Waals surface area contributed by atoms with Gasteiger partial charge in [-0.25, -0.2) is 8.42 Å². The standard InChI is InChI=1S/C21H21O3S.C10H14O3S/c1-22-16-4-10-19(11-5-16)25(20-12-6-17(23-2)7-13-20)21-14-8-18(24-3)9-15-21;1-2-3-4-9-5-7-10(8-6-9)14(11,12)13/h4-15H,1-3H3;5-8H,2-4H2,1H3,(H,11,12,13)/q+1;/p-1. The number of rotatable bonds is 10. The number of unbranched alkanes of at least 4 members (excludes halogenated alkanes) is 1. The van der Waals surface area contributed by atoms with E-state index in [4.69, 9.17) is 14.2 Å². The summed E-state index contributed by atoms with van der Waals surface area (Å²) in [6.07, 6.45) is 3.10. The Balaban J connectivity index is 0.000000255. The minimum Gasteiger partial charge on any atom is -0.744 e. The third-order valence-corrected chi connectivity index (χ3v) is 9.00. The van der Waals surface area contributed by atoms with Crippen LogP contribution in [0.25, 0.3) is 0 Å². The van der Waals surface area contributed by atoms with E-state index in [1.165, 1.54) is 26.8 Å². The highest BCUT2D eigenvalue weighted by Crippen LogP contribution is 2.33. The zero-order valence-electron chi connectivity index (χ0n) is 22.6. The second-order valence-electron chi connectivity index (χ2n) is 8.53. The summed E-state index contributed by atoms with van der Waals surface area (Å²) in [5.41, 5.74) is 1.07. The van der Waals surface area contributed by atoms with Gasteiger partial charge in [0.1, 0.15) is 27.4 Å². The van der Waals surface area contributed by atoms with Gasteiger partial charge in [-0.1, -0.05) is 25.5 Å². The largest absolute Gasteiger partial charge is 0.744 e. The van der Waals surface area contributed by atoms with Crippen LogP contribution in [0.1, 0.15) is 25.3 Å². The van der Waals surface area contributed by atoms with E-state index in [0.717, 1.165) is 42.1 Å². The Bertz CT molecular complexity index is 1270. The van der Waals surface area contributed by atoms with Crippen molar-refractivity contribution >= 4 is 21.0 Å². The fourth-order valence-corrected chi connectivity index (χ4v) is 6.26. The summed E-state index contributed by atoms with van der Waals surface area (Å²) >= 11 is 0. The summed E-state index contributed by atoms with van der Waals surface area (Å²) in [7, 11) is 0.545. The average molecular weight is 567 g/mol. The number of hydrogen-bond acceptors (Lipinski definition) is 6. The molecule has 4 aromatic rings. The molecular weight excluding hydrogens is 532 g/mol. The summed E-state index contributed by atoms with van der Waals surface area (Å²) in [6.45, 7) is 2.09. The first-order valence-electron chi connectivity index (χ1n) is 12.5. The van der Waals surface area contributed by atoms with Crippen LogP contribution in [0.4, 0.5) is 0 Å². The van der Waals surface area contributed by atoms with Gasteiger partial charge in [-0.3, -0.25) is 0 Å². The molecule has 0 heterocycles. The third kappa shape index (κ3) is 8.78. The molecule has 4 rings (SSSR count). The normalized spacial score (nSPS) is 10.9. The van der Waals surface area contributed by atoms with Crippen molar-refractivity contribution < 1.29 is 27.2 Å². The Kier molecular flexibility index (Phi) is 11.3. The molecule has 0 aliphatic heterocycles. The summed E-state index contributed by atoms with van der Waals surface area (Å²) in [5, 5.41) is 0. The first kappa shape index (κ1) is 30.1. The Morgan fingerprint density at radius 3 is 1.26 bits per heavy atom. The minimum atomic E-state index is -4.29. The quantitative estimate of drug-likeness (QED) is 0.156. The lowest BCUT2D eigenvalue weighted by molar-refractivity contribution is 0.414. The van der Waals surface area contributed by atoms with Crippen molar-refractivity contribution in [2.75, 3.05) is 21.3 Å². The van der Waals surface area contributed by atoms with Gasteiger partial charge in [0.2, 0.25) is 0 Å². The van der Waals surface area contributed by atoms with Crippen LogP contribution in [-0.2, 0) is 27.4 Å². The van der Waals surface area contributed by atoms with Gasteiger partial charge in [-0.05, 0) is 103 Å². The predicted molar refractivity (Wildman–Crippen MR) is 154 cm³/mol. The van der Waals surface area contributed by atoms with Crippen LogP contribution in [-0.4, -0.2) is 34.3 Å². The smallest absolute Gasteiger partial charge is 0.166 e. The van der Waals surface area contributed by atoms with Crippen molar-refractivity contribution in [3.8, 4) is 17.2 Å². The van der Waals surface area contributed by atoms with Crippen LogP contribution < -0.4 is 14.2 Å². The van der Waals surface area contributed by atoms with Crippen LogP contribution in [0.3, 0.4) is 0 Å². The highest BCUT2D eigenvalue weighted by atomic mass is 32.2. The van der Waals surface area contributed by atoms with Crippen molar-refractivity contribution in [3.63, 3.8) is 0 Å². The molecular formula is C31H34O6S2. The van der Waals surface area contributed by atoms with Crippen LogP contribution in [0.5, 0.6) is 17.2 Å². The molecule has 6 nitrogen and oxygen atoms in total. The van der Waals surface area contributed by atoms with E-state index in [1.807, 2.05) is 36.4 Å². The van der Waals surface area contributed by atoms with Gasteiger partial charge >= 0.3 is 0 Å². The average Bonchev–Trinajstić information content (AvgIpc) is 2.97. The number of ether oxygens (including phenoxy) is 3. The van der Waals surface area contributed by atoms with Crippen molar-refractivity contribution in [2.24, 2.45) is 0 Å². The first-order valence-corrected chi connectivity index (χ1v) is 15.1. The summed E-state index contributed by atoms with van der Waals surface area (Å²) in [4.78, 5) is 3.54. The maximum atomic E-state index is 10.6. The molecule has 0 aromatic heterocycles. The van der Waals surface area contributed by atoms with E-state index >= 15 is 0 Å². The lowest BCUT2D eigenvalue weighted by Gasteiger charge is -2.10. The number of benzene rings is 4. The molecule has 0 unspecified atom stereocenters. The van der Waals surface area contributed by atoms with E-state index in [2.05, 4.69) is 43.3 Å². The highest BCUT2D eigenvalue weighted by Gasteiger charge is 2.28. The highest BCUT2D eigenvalue weighted by molar-refractivity contribution is 7.97. The lowest BCUT2D eigenvalue weighted by Crippen LogP contribution is -2.05. The first-order chi connectivity index (χ1) is 18.8. The Morgan fingerprint density at radius 2 is 0.974 bits per heavy atom. The van der Waals surface area contributed by atoms with Crippen LogP contribution >= 0.6 is 0 Å². The third-order valence-electron chi connectivity index (χ3n) is 5.92. The Labute approximate surface area is 234 Å². The summed E-state index contributed by atoms with van der Waals surface area (Å²) in [6, 6.07) is 30.9. The SMILES string of the molecule is CCCCc1ccc(S(=O)(=O)[O-])cc1.COc1ccc([S+](c2ccc(OC)cc2)c2ccc(OC)cc2)cc1. The van der Waals surface area contributed by atoms with Crippen molar-refractivity contribution in [1.82, 2.24) is 0 Å². The molecule has 206 valence electrons. The summed E-state index contributed by atoms with van der Waals surface area (Å²) < 4.78 is 47.7. The molecule has 0 atom stereocenters. The number of aryl methyl sites for hydroxylation is 1. The minimum absolute atomic E-state index is 0.155. The molecule has 8 heteroatoms. The zero-order chi connectivity index (χ0) is 28.3. The lowest BCUT2D eigenvalue weighted by atomic mass is 10.1. The van der Waals surface area contributed by atoms with Gasteiger partial charge in [0.05, 0.1) is 37.1 Å². The topological polar surface area (TPSA) is 84.9 Å². The number of methoxy groups -OCH3 is 3. The van der Waals surface area contributed by atoms with Crippen molar-refractivity contribution in [1.29, 1.82) is 0 Å². The predicted octanol–water partition coefficient (Wildman–Crippen LogP) is 6.74. The van der Waals surface area contributed by atoms with Crippen LogP contribution in [0.2, 0.25) is 0 Å². The van der Waals surface area contributed by atoms with E-state index in [1.54, 1.807) is 33.5 Å². The number of hydrogen-bond donors (Lipinski definition) is 0. The molecule has 0 radical (unpaired) electrons. The van der Waals surface area contributed by atoms with E-state index in [9.17, 15) is 13.0 Å². The molecule has 0 N–H and O–H groups in total. The molecule has 0 spiro atoms. The molecule has 0 amide bonds. The van der Waals surface area contributed by atoms with Crippen molar-refractivity contribution in [2.45, 2.75) is 45.8 Å². The molecule has 4 aromatic carbocycles. The van der Waals surface area contributed by atoms with E-state index in [0.29, 0.717) is 0 Å². The molecule has 0 bridgehead atoms. The van der Waals surface area contributed by atoms with Gasteiger partial charge < -0.3 is 18.8 Å². The van der Waals surface area contributed by atoms with Crippen LogP contribution in [0.15, 0.2) is 117 Å². The fourth-order valence-electron chi connectivity index (χ4n) is 3.75. The molecule has 0 aliphatic carbocycles. The molecule has 0 saturated carbocycles. The van der Waals surface area contributed by atoms with Gasteiger partial charge in [-0.15, -0.1) is 0 Å². The van der Waals surface area contributed by atoms with E-state index < -0.39 is 10.1 Å². The van der Waals surface area contributed by atoms with Gasteiger partial charge in [-0.2, -0.15) is 0 Å². The van der Waals surface area contributed by atoms with Crippen LogP contribution in [0, 0.1) is 0 Å². The molecule has 0 aliphatic rings. The zero-order valence-corrected chi connectivity index (χ0v) is 24.3. The monoisotopic (exact) mass is 566 g/mol. The Morgan fingerprint density at radius 1 is 0.615 bits per heavy atom. The van der Waals surface area contributed by atoms with Gasteiger partial charge in [0, 0.05) is 0 Å². The molecule has 0 fully saturated rings. The fraction of sp³-hybridized carbons (Fsp3) is 0.226. The van der Waals surface area contributed by atoms with Crippen molar-refractivity contribution in [3.05, 3.63) is 103 Å². The molecule has 39 heavy (non-hydrogen) atoms. The van der Waals surface area contributed by atoms with Gasteiger partial charge in [0.25, 0.3) is 0 Å². The van der Waals surface area contributed by atoms with Gasteiger partial charge in [0.15, 0.2) is 14.7 Å². The second-order valence-corrected chi connectivity index (χ2v) is 11.9. The van der Waals surface area contributed by atoms with E-state index in [-0.39, 0.29) is 15.8 Å². The maximum absolute atomic E-state index is 10.6. The summed E-state index contributed by atoms with van der Waals surface area (Å²) in [5.74, 6) is 2.57. The Hall–Kier alpha value is -3.46. The maximum Gasteiger partial charge on any atom is 0.166 e. The molecule has 0 saturated heterocycles. The second kappa shape index (κ2) is 14.6.